The number of halogens is 2. The molecule has 3 aromatic rings. The van der Waals surface area contributed by atoms with Crippen LogP contribution in [0.1, 0.15) is 34.7 Å². The van der Waals surface area contributed by atoms with Crippen LogP contribution in [0.2, 0.25) is 0 Å². The summed E-state index contributed by atoms with van der Waals surface area (Å²) in [4.78, 5) is 24.1. The van der Waals surface area contributed by atoms with Gasteiger partial charge in [-0.2, -0.15) is 0 Å². The first-order valence-corrected chi connectivity index (χ1v) is 8.19. The Bertz CT molecular complexity index is 1170. The molecule has 4 N–H and O–H groups in total. The number of aromatic hydroxyl groups is 1. The quantitative estimate of drug-likeness (QED) is 0.613. The molecular formula is C19H14F2N2O4. The van der Waals surface area contributed by atoms with Crippen molar-refractivity contribution >= 4 is 22.6 Å². The molecular weight excluding hydrogens is 358 g/mol. The van der Waals surface area contributed by atoms with Gasteiger partial charge in [-0.25, -0.2) is 13.6 Å². The smallest absolute Gasteiger partial charge is 0.341 e. The summed E-state index contributed by atoms with van der Waals surface area (Å²) in [6.07, 6.45) is 2.20. The zero-order valence-electron chi connectivity index (χ0n) is 13.9. The summed E-state index contributed by atoms with van der Waals surface area (Å²) in [6, 6.07) is 5.49. The van der Waals surface area contributed by atoms with Gasteiger partial charge in [0.2, 0.25) is 5.43 Å². The van der Waals surface area contributed by atoms with Gasteiger partial charge in [0.05, 0.1) is 16.6 Å². The van der Waals surface area contributed by atoms with E-state index in [2.05, 4.69) is 0 Å². The van der Waals surface area contributed by atoms with Crippen LogP contribution in [0.15, 0.2) is 35.3 Å². The van der Waals surface area contributed by atoms with Gasteiger partial charge in [-0.15, -0.1) is 0 Å². The fraction of sp³-hybridized carbons (Fsp3) is 0.158. The molecule has 0 atom stereocenters. The van der Waals surface area contributed by atoms with Crippen LogP contribution in [0.25, 0.3) is 16.6 Å². The van der Waals surface area contributed by atoms with E-state index in [4.69, 9.17) is 5.73 Å². The number of aromatic nitrogens is 1. The van der Waals surface area contributed by atoms with Gasteiger partial charge in [0, 0.05) is 17.4 Å². The fourth-order valence-corrected chi connectivity index (χ4v) is 3.26. The number of phenols is 1. The number of nitrogen functional groups attached to an aromatic ring is 1. The molecule has 1 heterocycles. The topological polar surface area (TPSA) is 106 Å². The summed E-state index contributed by atoms with van der Waals surface area (Å²) in [5, 5.41) is 18.3. The lowest BCUT2D eigenvalue weighted by molar-refractivity contribution is 0.0695. The van der Waals surface area contributed by atoms with Crippen molar-refractivity contribution in [1.29, 1.82) is 0 Å². The Hall–Kier alpha value is -3.42. The van der Waals surface area contributed by atoms with Crippen LogP contribution in [0, 0.1) is 11.6 Å². The number of hydrogen-bond donors (Lipinski definition) is 3. The van der Waals surface area contributed by atoms with Crippen molar-refractivity contribution in [2.45, 2.75) is 18.8 Å². The maximum atomic E-state index is 15.3. The number of aromatic carboxylic acids is 1. The predicted octanol–water partition coefficient (Wildman–Crippen LogP) is 3.13. The van der Waals surface area contributed by atoms with Crippen molar-refractivity contribution in [3.8, 4) is 11.4 Å². The number of pyridine rings is 1. The minimum Gasteiger partial charge on any atom is -0.508 e. The minimum atomic E-state index is -1.54. The van der Waals surface area contributed by atoms with Crippen molar-refractivity contribution < 1.29 is 23.8 Å². The number of benzene rings is 2. The van der Waals surface area contributed by atoms with Crippen molar-refractivity contribution in [3.05, 3.63) is 63.4 Å². The van der Waals surface area contributed by atoms with Crippen molar-refractivity contribution in [2.24, 2.45) is 0 Å². The monoisotopic (exact) mass is 372 g/mol. The van der Waals surface area contributed by atoms with Crippen LogP contribution in [0.3, 0.4) is 0 Å². The van der Waals surface area contributed by atoms with Crippen LogP contribution in [0.5, 0.6) is 5.75 Å². The Balaban J connectivity index is 2.21. The number of hydrogen-bond acceptors (Lipinski definition) is 4. The molecule has 27 heavy (non-hydrogen) atoms. The van der Waals surface area contributed by atoms with Crippen LogP contribution < -0.4 is 11.2 Å². The number of rotatable bonds is 3. The Morgan fingerprint density at radius 2 is 1.78 bits per heavy atom. The Kier molecular flexibility index (Phi) is 3.66. The number of phenolic OH excluding ortho intramolecular Hbond substituents is 1. The standard InChI is InChI=1S/C19H14F2N2O4/c20-14-12(8-1-2-8)15(21)17-13(16(14)22)18(25)11(19(26)27)7-23(17)9-3-5-10(24)6-4-9/h3-8,24H,1-2,22H2,(H,26,27). The molecule has 1 aromatic heterocycles. The molecule has 4 rings (SSSR count). The van der Waals surface area contributed by atoms with Gasteiger partial charge in [0.25, 0.3) is 0 Å². The number of fused-ring (bicyclic) bond motifs is 1. The van der Waals surface area contributed by atoms with Gasteiger partial charge in [-0.05, 0) is 43.0 Å². The van der Waals surface area contributed by atoms with Gasteiger partial charge in [-0.1, -0.05) is 0 Å². The second-order valence-corrected chi connectivity index (χ2v) is 6.52. The van der Waals surface area contributed by atoms with Gasteiger partial charge in [0.15, 0.2) is 11.6 Å². The lowest BCUT2D eigenvalue weighted by Gasteiger charge is -2.17. The molecule has 0 saturated heterocycles. The molecule has 0 aliphatic heterocycles. The largest absolute Gasteiger partial charge is 0.508 e. The Morgan fingerprint density at radius 1 is 1.15 bits per heavy atom. The highest BCUT2D eigenvalue weighted by atomic mass is 19.1. The van der Waals surface area contributed by atoms with E-state index >= 15 is 4.39 Å². The molecule has 0 radical (unpaired) electrons. The van der Waals surface area contributed by atoms with E-state index in [-0.39, 0.29) is 28.4 Å². The zero-order chi connectivity index (χ0) is 19.5. The Morgan fingerprint density at radius 3 is 2.33 bits per heavy atom. The molecule has 138 valence electrons. The molecule has 1 saturated carbocycles. The maximum Gasteiger partial charge on any atom is 0.341 e. The second-order valence-electron chi connectivity index (χ2n) is 6.52. The molecule has 0 bridgehead atoms. The van der Waals surface area contributed by atoms with Crippen LogP contribution in [-0.4, -0.2) is 20.7 Å². The van der Waals surface area contributed by atoms with Crippen molar-refractivity contribution in [2.75, 3.05) is 5.73 Å². The molecule has 0 amide bonds. The van der Waals surface area contributed by atoms with Crippen LogP contribution in [0.4, 0.5) is 14.5 Å². The second kappa shape index (κ2) is 5.80. The average Bonchev–Trinajstić information content (AvgIpc) is 3.45. The highest BCUT2D eigenvalue weighted by Gasteiger charge is 2.34. The molecule has 0 unspecified atom stereocenters. The van der Waals surface area contributed by atoms with Gasteiger partial charge in [0.1, 0.15) is 11.3 Å². The first-order valence-electron chi connectivity index (χ1n) is 8.19. The number of carbonyl (C=O) groups is 1. The summed E-state index contributed by atoms with van der Waals surface area (Å²) in [5.74, 6) is -3.85. The summed E-state index contributed by atoms with van der Waals surface area (Å²) >= 11 is 0. The van der Waals surface area contributed by atoms with Gasteiger partial charge >= 0.3 is 5.97 Å². The van der Waals surface area contributed by atoms with Crippen molar-refractivity contribution in [3.63, 3.8) is 0 Å². The highest BCUT2D eigenvalue weighted by Crippen LogP contribution is 2.45. The first kappa shape index (κ1) is 17.0. The molecule has 2 aromatic carbocycles. The third-order valence-corrected chi connectivity index (χ3v) is 4.74. The molecule has 6 nitrogen and oxygen atoms in total. The first-order chi connectivity index (χ1) is 12.8. The van der Waals surface area contributed by atoms with E-state index in [0.29, 0.717) is 12.8 Å². The number of nitrogens with zero attached hydrogens (tertiary/aromatic N) is 1. The van der Waals surface area contributed by atoms with Crippen molar-refractivity contribution in [1.82, 2.24) is 4.57 Å². The van der Waals surface area contributed by atoms with Gasteiger partial charge < -0.3 is 20.5 Å². The third-order valence-electron chi connectivity index (χ3n) is 4.74. The van der Waals surface area contributed by atoms with E-state index in [0.717, 1.165) is 10.8 Å². The molecule has 1 aliphatic carbocycles. The van der Waals surface area contributed by atoms with Crippen LogP contribution >= 0.6 is 0 Å². The zero-order valence-corrected chi connectivity index (χ0v) is 13.9. The van der Waals surface area contributed by atoms with E-state index in [1.54, 1.807) is 0 Å². The predicted molar refractivity (Wildman–Crippen MR) is 94.5 cm³/mol. The van der Waals surface area contributed by atoms with E-state index < -0.39 is 39.7 Å². The minimum absolute atomic E-state index is 0.0488. The highest BCUT2D eigenvalue weighted by molar-refractivity contribution is 5.98. The maximum absolute atomic E-state index is 15.3. The Labute approximate surface area is 151 Å². The average molecular weight is 372 g/mol. The molecule has 0 spiro atoms. The third kappa shape index (κ3) is 2.52. The summed E-state index contributed by atoms with van der Waals surface area (Å²) < 4.78 is 31.1. The SMILES string of the molecule is Nc1c(F)c(C2CC2)c(F)c2c1c(=O)c(C(=O)O)cn2-c1ccc(O)cc1. The van der Waals surface area contributed by atoms with Crippen LogP contribution in [-0.2, 0) is 0 Å². The number of carboxylic acid groups (broad SMARTS) is 1. The molecule has 1 aliphatic rings. The summed E-state index contributed by atoms with van der Waals surface area (Å²) in [5.41, 5.74) is 3.35. The molecule has 1 fully saturated rings. The lowest BCUT2D eigenvalue weighted by atomic mass is 10.0. The normalized spacial score (nSPS) is 13.9. The fourth-order valence-electron chi connectivity index (χ4n) is 3.26. The molecule has 8 heteroatoms. The van der Waals surface area contributed by atoms with E-state index in [1.807, 2.05) is 0 Å². The van der Waals surface area contributed by atoms with E-state index in [1.165, 1.54) is 24.3 Å². The summed E-state index contributed by atoms with van der Waals surface area (Å²) in [6.45, 7) is 0. The number of carboxylic acids is 1. The number of nitrogens with two attached hydrogens (primary N) is 1. The summed E-state index contributed by atoms with van der Waals surface area (Å²) in [7, 11) is 0. The number of anilines is 1. The lowest BCUT2D eigenvalue weighted by Crippen LogP contribution is -2.21. The van der Waals surface area contributed by atoms with Gasteiger partial charge in [-0.3, -0.25) is 4.79 Å². The van der Waals surface area contributed by atoms with E-state index in [9.17, 15) is 24.2 Å².